The predicted octanol–water partition coefficient (Wildman–Crippen LogP) is 3.95. The molecule has 3 aromatic carbocycles. The molecule has 0 spiro atoms. The zero-order chi connectivity index (χ0) is 21.9. The van der Waals surface area contributed by atoms with Crippen molar-refractivity contribution >= 4 is 18.5 Å². The number of hydrogen-bond donors (Lipinski definition) is 0. The molecule has 0 bridgehead atoms. The normalized spacial score (nSPS) is 19.7. The largest absolute Gasteiger partial charge is 1.00 e. The summed E-state index contributed by atoms with van der Waals surface area (Å²) in [4.78, 5) is 13.4. The zero-order valence-corrected chi connectivity index (χ0v) is 21.6. The van der Waals surface area contributed by atoms with Gasteiger partial charge in [0.2, 0.25) is 0 Å². The van der Waals surface area contributed by atoms with Gasteiger partial charge in [0.05, 0.1) is 12.6 Å². The number of esters is 1. The van der Waals surface area contributed by atoms with Crippen LogP contribution in [0, 0.1) is 0 Å². The molecule has 32 heavy (non-hydrogen) atoms. The van der Waals surface area contributed by atoms with Gasteiger partial charge in [-0.3, -0.25) is 0 Å². The minimum atomic E-state index is -1.98. The molecule has 0 amide bonds. The number of carbonyl (C=O) groups excluding carboxylic acids is 1. The van der Waals surface area contributed by atoms with Crippen LogP contribution in [0.4, 0.5) is 0 Å². The molecule has 0 aliphatic carbocycles. The summed E-state index contributed by atoms with van der Waals surface area (Å²) in [5.41, 5.74) is 2.92. The highest BCUT2D eigenvalue weighted by molar-refractivity contribution is 7.84. The van der Waals surface area contributed by atoms with Gasteiger partial charge in [-0.05, 0) is 56.9 Å². The van der Waals surface area contributed by atoms with Gasteiger partial charge >= 0.3 is 5.97 Å². The molecule has 2 atom stereocenters. The highest BCUT2D eigenvalue weighted by Crippen LogP contribution is 2.83. The van der Waals surface area contributed by atoms with Crippen LogP contribution in [0.25, 0.3) is 0 Å². The first kappa shape index (κ1) is 24.7. The van der Waals surface area contributed by atoms with Crippen molar-refractivity contribution in [2.75, 3.05) is 6.16 Å². The first-order valence-corrected chi connectivity index (χ1v) is 13.3. The Hall–Kier alpha value is -1.96. The van der Waals surface area contributed by atoms with Crippen LogP contribution in [-0.2, 0) is 9.53 Å². The standard InChI is InChI=1S/C28H32O2P.BrH/c1-28(2,3)30-27(29)21-31(24-17-11-6-12-18-24)25(22-13-7-4-8-14-22)19-20-26(31)23-15-9-5-10-16-23;/h4-18,25-26H,19-21H2,1-3H3;1H/q+1;/p-1/t25-,26-;/m0./s1. The lowest BCUT2D eigenvalue weighted by Crippen LogP contribution is -3.00. The Morgan fingerprint density at radius 3 is 1.59 bits per heavy atom. The second kappa shape index (κ2) is 10.3. The summed E-state index contributed by atoms with van der Waals surface area (Å²) in [6.07, 6.45) is 2.66. The van der Waals surface area contributed by atoms with Crippen LogP contribution in [0.2, 0.25) is 0 Å². The quantitative estimate of drug-likeness (QED) is 0.383. The minimum Gasteiger partial charge on any atom is -1.00 e. The van der Waals surface area contributed by atoms with E-state index in [0.717, 1.165) is 12.8 Å². The van der Waals surface area contributed by atoms with Crippen molar-refractivity contribution < 1.29 is 26.5 Å². The summed E-state index contributed by atoms with van der Waals surface area (Å²) in [6.45, 7) is 5.86. The molecule has 4 rings (SSSR count). The van der Waals surface area contributed by atoms with Crippen LogP contribution in [0.15, 0.2) is 91.0 Å². The highest BCUT2D eigenvalue weighted by Gasteiger charge is 2.61. The molecule has 0 saturated carbocycles. The van der Waals surface area contributed by atoms with E-state index in [1.165, 1.54) is 16.4 Å². The summed E-state index contributed by atoms with van der Waals surface area (Å²) < 4.78 is 5.90. The number of carbonyl (C=O) groups is 1. The Labute approximate surface area is 203 Å². The van der Waals surface area contributed by atoms with Gasteiger partial charge in [0, 0.05) is 0 Å². The smallest absolute Gasteiger partial charge is 0.344 e. The Morgan fingerprint density at radius 2 is 1.19 bits per heavy atom. The summed E-state index contributed by atoms with van der Waals surface area (Å²) in [5.74, 6) is -0.0755. The van der Waals surface area contributed by atoms with Crippen LogP contribution in [-0.4, -0.2) is 17.7 Å². The number of rotatable bonds is 5. The minimum absolute atomic E-state index is 0. The number of hydrogen-bond acceptors (Lipinski definition) is 2. The molecule has 4 heteroatoms. The number of halogens is 1. The van der Waals surface area contributed by atoms with Crippen molar-refractivity contribution in [1.82, 2.24) is 0 Å². The van der Waals surface area contributed by atoms with E-state index in [0.29, 0.717) is 17.5 Å². The van der Waals surface area contributed by atoms with Crippen LogP contribution in [0.3, 0.4) is 0 Å². The summed E-state index contributed by atoms with van der Waals surface area (Å²) >= 11 is 0. The molecular formula is C28H32BrO2P. The Bertz CT molecular complexity index is 952. The van der Waals surface area contributed by atoms with Crippen molar-refractivity contribution in [3.05, 3.63) is 102 Å². The van der Waals surface area contributed by atoms with Crippen LogP contribution in [0.1, 0.15) is 56.1 Å². The van der Waals surface area contributed by atoms with E-state index in [2.05, 4.69) is 91.0 Å². The molecule has 2 nitrogen and oxygen atoms in total. The molecule has 1 saturated heterocycles. The van der Waals surface area contributed by atoms with Gasteiger partial charge < -0.3 is 21.7 Å². The molecule has 3 aromatic rings. The number of benzene rings is 3. The van der Waals surface area contributed by atoms with E-state index >= 15 is 0 Å². The first-order chi connectivity index (χ1) is 14.9. The summed E-state index contributed by atoms with van der Waals surface area (Å²) in [5, 5.41) is 1.33. The van der Waals surface area contributed by atoms with Gasteiger partial charge in [-0.25, -0.2) is 4.79 Å². The Kier molecular flexibility index (Phi) is 7.96. The highest BCUT2D eigenvalue weighted by atomic mass is 79.9. The second-order valence-electron chi connectivity index (χ2n) is 9.44. The molecular weight excluding hydrogens is 479 g/mol. The van der Waals surface area contributed by atoms with Gasteiger partial charge in [0.1, 0.15) is 16.9 Å². The molecule has 0 radical (unpaired) electrons. The summed E-state index contributed by atoms with van der Waals surface area (Å²) in [7, 11) is -1.98. The molecule has 1 fully saturated rings. The van der Waals surface area contributed by atoms with Gasteiger partial charge in [0.15, 0.2) is 6.16 Å². The molecule has 1 heterocycles. The van der Waals surface area contributed by atoms with E-state index < -0.39 is 12.9 Å². The average Bonchev–Trinajstić information content (AvgIpc) is 3.14. The van der Waals surface area contributed by atoms with Gasteiger partial charge in [-0.2, -0.15) is 0 Å². The number of ether oxygens (including phenoxy) is 1. The maximum Gasteiger partial charge on any atom is 0.344 e. The molecule has 1 aliphatic heterocycles. The maximum absolute atomic E-state index is 13.4. The monoisotopic (exact) mass is 510 g/mol. The van der Waals surface area contributed by atoms with Gasteiger partial charge in [0.25, 0.3) is 0 Å². The Morgan fingerprint density at radius 1 is 0.781 bits per heavy atom. The lowest BCUT2D eigenvalue weighted by atomic mass is 10.0. The van der Waals surface area contributed by atoms with Gasteiger partial charge in [-0.15, -0.1) is 0 Å². The lowest BCUT2D eigenvalue weighted by Gasteiger charge is -2.34. The SMILES string of the molecule is CC(C)(C)OC(=O)C[P+]1(c2ccccc2)[C@H](c2ccccc2)CC[C@H]1c1ccccc1.[Br-]. The third kappa shape index (κ3) is 5.16. The van der Waals surface area contributed by atoms with E-state index in [1.807, 2.05) is 20.8 Å². The maximum atomic E-state index is 13.4. The third-order valence-corrected chi connectivity index (χ3v) is 11.6. The van der Waals surface area contributed by atoms with Crippen LogP contribution in [0.5, 0.6) is 0 Å². The van der Waals surface area contributed by atoms with E-state index in [4.69, 9.17) is 4.74 Å². The van der Waals surface area contributed by atoms with E-state index in [-0.39, 0.29) is 23.0 Å². The van der Waals surface area contributed by atoms with E-state index in [9.17, 15) is 4.79 Å². The fraction of sp³-hybridized carbons (Fsp3) is 0.321. The predicted molar refractivity (Wildman–Crippen MR) is 131 cm³/mol. The van der Waals surface area contributed by atoms with Crippen LogP contribution < -0.4 is 22.3 Å². The van der Waals surface area contributed by atoms with Gasteiger partial charge in [-0.1, -0.05) is 78.9 Å². The third-order valence-electron chi connectivity index (χ3n) is 6.24. The van der Waals surface area contributed by atoms with Crippen LogP contribution >= 0.6 is 7.26 Å². The molecule has 168 valence electrons. The lowest BCUT2D eigenvalue weighted by molar-refractivity contribution is -0.151. The Balaban J connectivity index is 0.00000289. The van der Waals surface area contributed by atoms with Crippen molar-refractivity contribution in [1.29, 1.82) is 0 Å². The fourth-order valence-electron chi connectivity index (χ4n) is 5.17. The van der Waals surface area contributed by atoms with Crippen molar-refractivity contribution in [3.63, 3.8) is 0 Å². The topological polar surface area (TPSA) is 26.3 Å². The zero-order valence-electron chi connectivity index (χ0n) is 19.1. The first-order valence-electron chi connectivity index (χ1n) is 11.1. The van der Waals surface area contributed by atoms with Crippen molar-refractivity contribution in [3.8, 4) is 0 Å². The van der Waals surface area contributed by atoms with Crippen molar-refractivity contribution in [2.45, 2.75) is 50.5 Å². The molecule has 0 N–H and O–H groups in total. The summed E-state index contributed by atoms with van der Waals surface area (Å²) in [6, 6.07) is 32.4. The molecule has 1 aliphatic rings. The molecule has 0 aromatic heterocycles. The van der Waals surface area contributed by atoms with E-state index in [1.54, 1.807) is 0 Å². The second-order valence-corrected chi connectivity index (χ2v) is 13.4. The molecule has 0 unspecified atom stereocenters. The van der Waals surface area contributed by atoms with Crippen molar-refractivity contribution in [2.24, 2.45) is 0 Å². The average molecular weight is 511 g/mol. The fourth-order valence-corrected chi connectivity index (χ4v) is 10.8.